The minimum absolute atomic E-state index is 0.162. The summed E-state index contributed by atoms with van der Waals surface area (Å²) in [5, 5.41) is 9.23. The van der Waals surface area contributed by atoms with Crippen LogP contribution in [0.3, 0.4) is 0 Å². The third-order valence-corrected chi connectivity index (χ3v) is 2.73. The Balaban J connectivity index is 2.25. The number of hydrogen-bond donors (Lipinski definition) is 1. The van der Waals surface area contributed by atoms with E-state index in [0.717, 1.165) is 0 Å². The van der Waals surface area contributed by atoms with Crippen LogP contribution in [-0.4, -0.2) is 30.2 Å². The number of methoxy groups -OCH3 is 1. The number of nitrogens with zero attached hydrogens (tertiary/aromatic N) is 2. The monoisotopic (exact) mass is 258 g/mol. The topological polar surface area (TPSA) is 62.7 Å². The predicted molar refractivity (Wildman–Crippen MR) is 71.6 cm³/mol. The normalized spacial score (nSPS) is 10.0. The molecule has 0 aliphatic rings. The largest absolute Gasteiger partial charge is 0.508 e. The van der Waals surface area contributed by atoms with Crippen molar-refractivity contribution >= 4 is 11.6 Å². The first-order chi connectivity index (χ1) is 9.11. The molecular formula is C14H14N2O3. The molecule has 1 amide bonds. The first-order valence-corrected chi connectivity index (χ1v) is 5.69. The van der Waals surface area contributed by atoms with Gasteiger partial charge in [-0.05, 0) is 30.3 Å². The van der Waals surface area contributed by atoms with Crippen LogP contribution >= 0.6 is 0 Å². The van der Waals surface area contributed by atoms with Gasteiger partial charge >= 0.3 is 0 Å². The lowest BCUT2D eigenvalue weighted by molar-refractivity contribution is 0.0992. The van der Waals surface area contributed by atoms with Crippen molar-refractivity contribution in [2.45, 2.75) is 0 Å². The van der Waals surface area contributed by atoms with E-state index in [2.05, 4.69) is 4.98 Å². The molecule has 98 valence electrons. The Morgan fingerprint density at radius 3 is 2.58 bits per heavy atom. The second-order valence-corrected chi connectivity index (χ2v) is 3.97. The molecule has 2 rings (SSSR count). The highest BCUT2D eigenvalue weighted by molar-refractivity contribution is 6.05. The van der Waals surface area contributed by atoms with Gasteiger partial charge < -0.3 is 14.7 Å². The maximum absolute atomic E-state index is 12.3. The molecule has 0 bridgehead atoms. The standard InChI is InChI=1S/C14H14N2O3/c1-16(11-3-5-12(17)6-4-11)14(18)10-7-8-15-13(9-10)19-2/h3-9,17H,1-2H3. The van der Waals surface area contributed by atoms with Crippen molar-refractivity contribution < 1.29 is 14.6 Å². The number of hydrogen-bond acceptors (Lipinski definition) is 4. The molecule has 19 heavy (non-hydrogen) atoms. The molecule has 0 aliphatic heterocycles. The average molecular weight is 258 g/mol. The van der Waals surface area contributed by atoms with Crippen LogP contribution < -0.4 is 9.64 Å². The summed E-state index contributed by atoms with van der Waals surface area (Å²) in [5.41, 5.74) is 1.18. The number of phenols is 1. The van der Waals surface area contributed by atoms with Crippen LogP contribution in [0.15, 0.2) is 42.6 Å². The van der Waals surface area contributed by atoms with E-state index in [-0.39, 0.29) is 11.7 Å². The van der Waals surface area contributed by atoms with Crippen LogP contribution in [-0.2, 0) is 0 Å². The summed E-state index contributed by atoms with van der Waals surface area (Å²) in [4.78, 5) is 17.7. The lowest BCUT2D eigenvalue weighted by atomic mass is 10.2. The van der Waals surface area contributed by atoms with Crippen molar-refractivity contribution in [3.63, 3.8) is 0 Å². The zero-order chi connectivity index (χ0) is 13.8. The highest BCUT2D eigenvalue weighted by Crippen LogP contribution is 2.19. The summed E-state index contributed by atoms with van der Waals surface area (Å²) in [7, 11) is 3.17. The van der Waals surface area contributed by atoms with Gasteiger partial charge in [-0.25, -0.2) is 4.98 Å². The van der Waals surface area contributed by atoms with E-state index in [1.54, 1.807) is 31.3 Å². The summed E-state index contributed by atoms with van der Waals surface area (Å²) in [6.07, 6.45) is 1.52. The van der Waals surface area contributed by atoms with Crippen LogP contribution in [0.1, 0.15) is 10.4 Å². The molecule has 1 N–H and O–H groups in total. The number of aromatic hydroxyl groups is 1. The molecule has 0 atom stereocenters. The van der Waals surface area contributed by atoms with Gasteiger partial charge in [-0.2, -0.15) is 0 Å². The van der Waals surface area contributed by atoms with Crippen LogP contribution in [0, 0.1) is 0 Å². The first-order valence-electron chi connectivity index (χ1n) is 5.69. The third-order valence-electron chi connectivity index (χ3n) is 2.73. The molecule has 0 spiro atoms. The van der Waals surface area contributed by atoms with Crippen molar-refractivity contribution in [3.05, 3.63) is 48.2 Å². The van der Waals surface area contributed by atoms with E-state index < -0.39 is 0 Å². The molecule has 0 fully saturated rings. The zero-order valence-electron chi connectivity index (χ0n) is 10.7. The molecular weight excluding hydrogens is 244 g/mol. The van der Waals surface area contributed by atoms with Crippen molar-refractivity contribution in [1.82, 2.24) is 4.98 Å². The fourth-order valence-corrected chi connectivity index (χ4v) is 1.64. The lowest BCUT2D eigenvalue weighted by Gasteiger charge is -2.17. The van der Waals surface area contributed by atoms with E-state index >= 15 is 0 Å². The van der Waals surface area contributed by atoms with E-state index in [1.165, 1.54) is 30.3 Å². The second-order valence-electron chi connectivity index (χ2n) is 3.97. The van der Waals surface area contributed by atoms with E-state index in [9.17, 15) is 9.90 Å². The van der Waals surface area contributed by atoms with Crippen molar-refractivity contribution in [2.24, 2.45) is 0 Å². The molecule has 5 nitrogen and oxygen atoms in total. The Bertz CT molecular complexity index is 581. The molecule has 1 aromatic carbocycles. The van der Waals surface area contributed by atoms with Gasteiger partial charge in [-0.15, -0.1) is 0 Å². The van der Waals surface area contributed by atoms with E-state index in [1.807, 2.05) is 0 Å². The predicted octanol–water partition coefficient (Wildman–Crippen LogP) is 2.07. The van der Waals surface area contributed by atoms with E-state index in [4.69, 9.17) is 4.74 Å². The number of aromatic nitrogens is 1. The number of anilines is 1. The molecule has 1 heterocycles. The summed E-state index contributed by atoms with van der Waals surface area (Å²) < 4.78 is 4.99. The molecule has 5 heteroatoms. The van der Waals surface area contributed by atoms with Gasteiger partial charge in [-0.1, -0.05) is 0 Å². The van der Waals surface area contributed by atoms with Gasteiger partial charge in [0.15, 0.2) is 0 Å². The Kier molecular flexibility index (Phi) is 3.66. The zero-order valence-corrected chi connectivity index (χ0v) is 10.7. The lowest BCUT2D eigenvalue weighted by Crippen LogP contribution is -2.26. The van der Waals surface area contributed by atoms with Gasteiger partial charge in [0.2, 0.25) is 5.88 Å². The Morgan fingerprint density at radius 2 is 1.95 bits per heavy atom. The first kappa shape index (κ1) is 12.9. The number of carbonyl (C=O) groups is 1. The van der Waals surface area contributed by atoms with Crippen LogP contribution in [0.25, 0.3) is 0 Å². The van der Waals surface area contributed by atoms with Gasteiger partial charge in [0.1, 0.15) is 5.75 Å². The van der Waals surface area contributed by atoms with E-state index in [0.29, 0.717) is 17.1 Å². The molecule has 0 saturated carbocycles. The van der Waals surface area contributed by atoms with Gasteiger partial charge in [0.05, 0.1) is 7.11 Å². The maximum Gasteiger partial charge on any atom is 0.258 e. The smallest absolute Gasteiger partial charge is 0.258 e. The summed E-state index contributed by atoms with van der Waals surface area (Å²) in [6, 6.07) is 9.62. The van der Waals surface area contributed by atoms with Crippen molar-refractivity contribution in [2.75, 3.05) is 19.1 Å². The maximum atomic E-state index is 12.3. The SMILES string of the molecule is COc1cc(C(=O)N(C)c2ccc(O)cc2)ccn1. The second kappa shape index (κ2) is 5.39. The Morgan fingerprint density at radius 1 is 1.26 bits per heavy atom. The van der Waals surface area contributed by atoms with Gasteiger partial charge in [0, 0.05) is 30.6 Å². The number of amides is 1. The minimum atomic E-state index is -0.175. The molecule has 1 aromatic heterocycles. The fraction of sp³-hybridized carbons (Fsp3) is 0.143. The summed E-state index contributed by atoms with van der Waals surface area (Å²) in [6.45, 7) is 0. The molecule has 2 aromatic rings. The Hall–Kier alpha value is -2.56. The van der Waals surface area contributed by atoms with Gasteiger partial charge in [0.25, 0.3) is 5.91 Å². The summed E-state index contributed by atoms with van der Waals surface area (Å²) >= 11 is 0. The number of rotatable bonds is 3. The Labute approximate surface area is 111 Å². The number of pyridine rings is 1. The number of benzene rings is 1. The number of ether oxygens (including phenoxy) is 1. The molecule has 0 aliphatic carbocycles. The summed E-state index contributed by atoms with van der Waals surface area (Å²) in [5.74, 6) is 0.381. The number of carbonyl (C=O) groups excluding carboxylic acids is 1. The van der Waals surface area contributed by atoms with Crippen molar-refractivity contribution in [1.29, 1.82) is 0 Å². The third kappa shape index (κ3) is 2.82. The minimum Gasteiger partial charge on any atom is -0.508 e. The van der Waals surface area contributed by atoms with Gasteiger partial charge in [-0.3, -0.25) is 4.79 Å². The quantitative estimate of drug-likeness (QED) is 0.915. The van der Waals surface area contributed by atoms with Crippen molar-refractivity contribution in [3.8, 4) is 11.6 Å². The van der Waals surface area contributed by atoms with Crippen LogP contribution in [0.5, 0.6) is 11.6 Å². The van der Waals surface area contributed by atoms with Crippen LogP contribution in [0.4, 0.5) is 5.69 Å². The fourth-order valence-electron chi connectivity index (χ4n) is 1.64. The average Bonchev–Trinajstić information content (AvgIpc) is 2.46. The molecule has 0 radical (unpaired) electrons. The highest BCUT2D eigenvalue weighted by atomic mass is 16.5. The molecule has 0 saturated heterocycles. The highest BCUT2D eigenvalue weighted by Gasteiger charge is 2.14. The molecule has 0 unspecified atom stereocenters. The number of phenolic OH excluding ortho intramolecular Hbond substituents is 1. The van der Waals surface area contributed by atoms with Crippen LogP contribution in [0.2, 0.25) is 0 Å².